The van der Waals surface area contributed by atoms with Crippen molar-refractivity contribution in [1.82, 2.24) is 0 Å². The molecule has 0 unspecified atom stereocenters. The van der Waals surface area contributed by atoms with E-state index in [1.54, 1.807) is 26.7 Å². The Labute approximate surface area is 82.0 Å². The lowest BCUT2D eigenvalue weighted by atomic mass is 10.1. The van der Waals surface area contributed by atoms with Crippen molar-refractivity contribution in [2.45, 2.75) is 20.8 Å². The average Bonchev–Trinajstić information content (AvgIpc) is 2.41. The van der Waals surface area contributed by atoms with Gasteiger partial charge in [0.05, 0.1) is 17.9 Å². The first kappa shape index (κ1) is 10.4. The Morgan fingerprint density at radius 1 is 1.50 bits per heavy atom. The molecule has 0 aliphatic carbocycles. The van der Waals surface area contributed by atoms with Crippen LogP contribution in [-0.4, -0.2) is 24.2 Å². The van der Waals surface area contributed by atoms with Crippen LogP contribution in [0.2, 0.25) is 0 Å². The molecule has 4 nitrogen and oxygen atoms in total. The van der Waals surface area contributed by atoms with Crippen LogP contribution in [0.1, 0.15) is 20.8 Å². The van der Waals surface area contributed by atoms with Crippen LogP contribution in [0.4, 0.5) is 0 Å². The minimum Gasteiger partial charge on any atom is -0.462 e. The Kier molecular flexibility index (Phi) is 2.99. The summed E-state index contributed by atoms with van der Waals surface area (Å²) in [6.45, 7) is 5.36. The van der Waals surface area contributed by atoms with Crippen LogP contribution in [0, 0.1) is 0 Å². The molecule has 0 atom stereocenters. The van der Waals surface area contributed by atoms with Gasteiger partial charge in [0.15, 0.2) is 11.6 Å². The van der Waals surface area contributed by atoms with Gasteiger partial charge >= 0.3 is 5.97 Å². The van der Waals surface area contributed by atoms with Gasteiger partial charge in [-0.3, -0.25) is 0 Å². The SMILES string of the molecule is CCOC(=O)C1=C(C)C(=C=O)N=C1C. The third-order valence-electron chi connectivity index (χ3n) is 1.95. The molecular formula is C10H11NO3. The highest BCUT2D eigenvalue weighted by Crippen LogP contribution is 2.23. The maximum absolute atomic E-state index is 11.4. The maximum Gasteiger partial charge on any atom is 0.340 e. The predicted molar refractivity (Wildman–Crippen MR) is 51.6 cm³/mol. The van der Waals surface area contributed by atoms with Gasteiger partial charge in [-0.25, -0.2) is 14.6 Å². The molecule has 0 spiro atoms. The van der Waals surface area contributed by atoms with E-state index in [9.17, 15) is 9.59 Å². The smallest absolute Gasteiger partial charge is 0.340 e. The number of nitrogens with zero attached hydrogens (tertiary/aromatic N) is 1. The minimum atomic E-state index is -0.434. The summed E-state index contributed by atoms with van der Waals surface area (Å²) >= 11 is 0. The zero-order chi connectivity index (χ0) is 10.7. The van der Waals surface area contributed by atoms with Gasteiger partial charge in [-0.1, -0.05) is 0 Å². The summed E-state index contributed by atoms with van der Waals surface area (Å²) in [4.78, 5) is 25.8. The van der Waals surface area contributed by atoms with Gasteiger partial charge in [0.25, 0.3) is 0 Å². The molecule has 1 heterocycles. The number of ether oxygens (including phenoxy) is 1. The zero-order valence-electron chi connectivity index (χ0n) is 8.38. The van der Waals surface area contributed by atoms with Gasteiger partial charge in [0, 0.05) is 5.57 Å². The van der Waals surface area contributed by atoms with Crippen LogP contribution < -0.4 is 0 Å². The van der Waals surface area contributed by atoms with E-state index in [0.29, 0.717) is 23.5 Å². The van der Waals surface area contributed by atoms with Crippen LogP contribution in [0.5, 0.6) is 0 Å². The number of rotatable bonds is 2. The summed E-state index contributed by atoms with van der Waals surface area (Å²) in [5.74, 6) is 1.25. The number of hydrogen-bond donors (Lipinski definition) is 0. The van der Waals surface area contributed by atoms with Crippen molar-refractivity contribution in [2.75, 3.05) is 6.61 Å². The molecule has 0 saturated heterocycles. The van der Waals surface area contributed by atoms with Gasteiger partial charge in [0.2, 0.25) is 0 Å². The lowest BCUT2D eigenvalue weighted by Crippen LogP contribution is -2.12. The monoisotopic (exact) mass is 193 g/mol. The maximum atomic E-state index is 11.4. The zero-order valence-corrected chi connectivity index (χ0v) is 8.38. The molecule has 4 heteroatoms. The molecular weight excluding hydrogens is 182 g/mol. The van der Waals surface area contributed by atoms with Crippen molar-refractivity contribution in [3.63, 3.8) is 0 Å². The Morgan fingerprint density at radius 2 is 2.14 bits per heavy atom. The summed E-state index contributed by atoms with van der Waals surface area (Å²) in [6.07, 6.45) is 0. The molecule has 1 aliphatic rings. The van der Waals surface area contributed by atoms with Gasteiger partial charge in [-0.2, -0.15) is 0 Å². The van der Waals surface area contributed by atoms with Gasteiger partial charge in [0.1, 0.15) is 0 Å². The quantitative estimate of drug-likeness (QED) is 0.486. The Balaban J connectivity index is 3.10. The standard InChI is InChI=1S/C10H11NO3/c1-4-14-10(13)9-6(2)8(5-12)11-7(9)3/h4H2,1-3H3. The van der Waals surface area contributed by atoms with Crippen molar-refractivity contribution < 1.29 is 14.3 Å². The summed E-state index contributed by atoms with van der Waals surface area (Å²) in [5.41, 5.74) is 1.62. The summed E-state index contributed by atoms with van der Waals surface area (Å²) in [7, 11) is 0. The largest absolute Gasteiger partial charge is 0.462 e. The van der Waals surface area contributed by atoms with E-state index in [1.807, 2.05) is 0 Å². The topological polar surface area (TPSA) is 55.7 Å². The van der Waals surface area contributed by atoms with Gasteiger partial charge in [-0.15, -0.1) is 0 Å². The molecule has 1 rings (SSSR count). The van der Waals surface area contributed by atoms with Crippen LogP contribution in [-0.2, 0) is 14.3 Å². The molecule has 0 bridgehead atoms. The fraction of sp³-hybridized carbons (Fsp3) is 0.400. The molecule has 0 saturated carbocycles. The van der Waals surface area contributed by atoms with Crippen molar-refractivity contribution in [1.29, 1.82) is 0 Å². The first-order chi connectivity index (χ1) is 6.61. The van der Waals surface area contributed by atoms with Crippen LogP contribution in [0.25, 0.3) is 0 Å². The number of aliphatic imine (C=N–C) groups is 1. The van der Waals surface area contributed by atoms with E-state index in [4.69, 9.17) is 4.74 Å². The highest BCUT2D eigenvalue weighted by atomic mass is 16.5. The van der Waals surface area contributed by atoms with Crippen molar-refractivity contribution in [3.05, 3.63) is 16.8 Å². The molecule has 0 aromatic carbocycles. The first-order valence-electron chi connectivity index (χ1n) is 4.31. The molecule has 14 heavy (non-hydrogen) atoms. The molecule has 0 aromatic heterocycles. The van der Waals surface area contributed by atoms with Crippen LogP contribution in [0.15, 0.2) is 21.8 Å². The van der Waals surface area contributed by atoms with Crippen LogP contribution in [0.3, 0.4) is 0 Å². The summed E-state index contributed by atoms with van der Waals surface area (Å²) in [5, 5.41) is 0. The van der Waals surface area contributed by atoms with Crippen LogP contribution >= 0.6 is 0 Å². The Hall–Kier alpha value is -1.67. The minimum absolute atomic E-state index is 0.186. The molecule has 1 aliphatic heterocycles. The summed E-state index contributed by atoms with van der Waals surface area (Å²) < 4.78 is 4.84. The van der Waals surface area contributed by atoms with E-state index in [-0.39, 0.29) is 5.70 Å². The number of hydrogen-bond acceptors (Lipinski definition) is 4. The lowest BCUT2D eigenvalue weighted by molar-refractivity contribution is -0.137. The normalized spacial score (nSPS) is 15.4. The highest BCUT2D eigenvalue weighted by molar-refractivity contribution is 6.22. The van der Waals surface area contributed by atoms with E-state index in [2.05, 4.69) is 4.99 Å². The molecule has 0 fully saturated rings. The lowest BCUT2D eigenvalue weighted by Gasteiger charge is -2.03. The number of carbonyl (C=O) groups is 1. The van der Waals surface area contributed by atoms with E-state index in [0.717, 1.165) is 0 Å². The first-order valence-corrected chi connectivity index (χ1v) is 4.31. The number of allylic oxidation sites excluding steroid dienone is 1. The number of carbonyl (C=O) groups excluding carboxylic acids is 2. The average molecular weight is 193 g/mol. The predicted octanol–water partition coefficient (Wildman–Crippen LogP) is 1.06. The number of esters is 1. The Bertz CT molecular complexity index is 384. The third-order valence-corrected chi connectivity index (χ3v) is 1.95. The van der Waals surface area contributed by atoms with E-state index < -0.39 is 5.97 Å². The molecule has 74 valence electrons. The third kappa shape index (κ3) is 1.65. The molecule has 0 radical (unpaired) electrons. The second kappa shape index (κ2) is 4.03. The second-order valence-corrected chi connectivity index (χ2v) is 2.87. The molecule has 0 aromatic rings. The van der Waals surface area contributed by atoms with E-state index >= 15 is 0 Å². The molecule has 0 N–H and O–H groups in total. The van der Waals surface area contributed by atoms with Gasteiger partial charge in [-0.05, 0) is 20.8 Å². The van der Waals surface area contributed by atoms with Crippen molar-refractivity contribution in [2.24, 2.45) is 4.99 Å². The van der Waals surface area contributed by atoms with Gasteiger partial charge < -0.3 is 4.74 Å². The summed E-state index contributed by atoms with van der Waals surface area (Å²) in [6, 6.07) is 0. The Morgan fingerprint density at radius 3 is 2.57 bits per heavy atom. The van der Waals surface area contributed by atoms with Crippen molar-refractivity contribution >= 4 is 17.6 Å². The molecule has 0 amide bonds. The van der Waals surface area contributed by atoms with E-state index in [1.165, 1.54) is 0 Å². The highest BCUT2D eigenvalue weighted by Gasteiger charge is 2.25. The second-order valence-electron chi connectivity index (χ2n) is 2.87. The fourth-order valence-electron chi connectivity index (χ4n) is 1.30. The fourth-order valence-corrected chi connectivity index (χ4v) is 1.30. The van der Waals surface area contributed by atoms with Crippen molar-refractivity contribution in [3.8, 4) is 0 Å².